The van der Waals surface area contributed by atoms with Gasteiger partial charge in [-0.25, -0.2) is 0 Å². The van der Waals surface area contributed by atoms with Crippen molar-refractivity contribution in [3.05, 3.63) is 71.4 Å². The number of carbonyl (C=O) groups is 1. The summed E-state index contributed by atoms with van der Waals surface area (Å²) in [6.45, 7) is 6.46. The lowest BCUT2D eigenvalue weighted by molar-refractivity contribution is 0.112. The van der Waals surface area contributed by atoms with Gasteiger partial charge in [0.15, 0.2) is 6.29 Å². The van der Waals surface area contributed by atoms with Crippen LogP contribution in [0.1, 0.15) is 40.7 Å². The predicted octanol–water partition coefficient (Wildman–Crippen LogP) is 4.54. The van der Waals surface area contributed by atoms with E-state index in [-0.39, 0.29) is 0 Å². The monoisotopic (exact) mass is 437 g/mol. The van der Waals surface area contributed by atoms with Crippen LogP contribution in [0, 0.1) is 13.8 Å². The Morgan fingerprint density at radius 3 is 2.12 bits per heavy atom. The number of rotatable bonds is 5. The molecule has 1 heterocycles. The summed E-state index contributed by atoms with van der Waals surface area (Å²) in [5.41, 5.74) is 10.8. The minimum Gasteiger partial charge on any atom is -0.394 e. The fourth-order valence-electron chi connectivity index (χ4n) is 3.13. The summed E-state index contributed by atoms with van der Waals surface area (Å²) in [6.07, 6.45) is 8.17. The molecule has 0 amide bonds. The lowest BCUT2D eigenvalue weighted by Crippen LogP contribution is -2.29. The zero-order valence-corrected chi connectivity index (χ0v) is 20.2. The molecule has 2 aromatic carbocycles. The van der Waals surface area contributed by atoms with Gasteiger partial charge in [-0.15, -0.1) is 0 Å². The van der Waals surface area contributed by atoms with Crippen molar-refractivity contribution in [2.24, 2.45) is 10.7 Å². The molecule has 0 bridgehead atoms. The van der Waals surface area contributed by atoms with Gasteiger partial charge in [0.05, 0.1) is 0 Å². The number of hydrogen-bond acceptors (Lipinski definition) is 5. The van der Waals surface area contributed by atoms with Crippen LogP contribution in [-0.2, 0) is 0 Å². The van der Waals surface area contributed by atoms with E-state index in [1.165, 1.54) is 36.1 Å². The van der Waals surface area contributed by atoms with Gasteiger partial charge in [0.1, 0.15) is 5.84 Å². The number of amidine groups is 1. The van der Waals surface area contributed by atoms with Gasteiger partial charge >= 0.3 is 0 Å². The maximum atomic E-state index is 11.0. The maximum absolute atomic E-state index is 11.0. The third kappa shape index (κ3) is 9.69. The first-order chi connectivity index (χ1) is 15.5. The number of hydrogen-bond donors (Lipinski definition) is 3. The molecule has 0 radical (unpaired) electrons. The molecule has 1 aliphatic rings. The standard InChI is InChI=1S/C13H18N2O.C8H10.C5H11N3/c1-14-13-6-5-12(9-11(13)10-16)15-7-3-2-4-8-15;1-7-5-3-4-6-8(7)2;1-7-4-3-5(6)8-2/h5-6,9-10,14H,2-4,7-8H2,1H3;3-6H,1-2H3;3-4,7H,1-2H3,(H2,6,8)/b;;4-3-. The summed E-state index contributed by atoms with van der Waals surface area (Å²) >= 11 is 0. The van der Waals surface area contributed by atoms with Crippen LogP contribution < -0.4 is 21.3 Å². The Hall–Kier alpha value is -3.28. The fourth-order valence-corrected chi connectivity index (χ4v) is 3.13. The molecule has 1 aliphatic heterocycles. The molecule has 0 saturated carbocycles. The van der Waals surface area contributed by atoms with Crippen molar-refractivity contribution in [1.29, 1.82) is 0 Å². The normalized spacial score (nSPS) is 13.4. The number of nitrogens with zero attached hydrogens (tertiary/aromatic N) is 2. The SMILES string of the molecule is CN=C(N)/C=C\NC.CNc1ccc(N2CCCCC2)cc1C=O.Cc1ccccc1C. The molecule has 32 heavy (non-hydrogen) atoms. The molecule has 0 aliphatic carbocycles. The zero-order chi connectivity index (χ0) is 23.8. The van der Waals surface area contributed by atoms with Crippen molar-refractivity contribution < 1.29 is 4.79 Å². The number of nitrogens with two attached hydrogens (primary N) is 1. The van der Waals surface area contributed by atoms with E-state index in [1.807, 2.05) is 19.2 Å². The number of piperidine rings is 1. The highest BCUT2D eigenvalue weighted by molar-refractivity contribution is 5.91. The highest BCUT2D eigenvalue weighted by atomic mass is 16.1. The van der Waals surface area contributed by atoms with Crippen LogP contribution in [-0.4, -0.2) is 46.4 Å². The molecule has 0 aromatic heterocycles. The van der Waals surface area contributed by atoms with Gasteiger partial charge in [0.25, 0.3) is 0 Å². The number of benzene rings is 2. The largest absolute Gasteiger partial charge is 0.394 e. The third-order valence-electron chi connectivity index (χ3n) is 5.26. The van der Waals surface area contributed by atoms with Gasteiger partial charge < -0.3 is 21.3 Å². The van der Waals surface area contributed by atoms with Crippen LogP contribution in [0.4, 0.5) is 11.4 Å². The molecule has 2 aromatic rings. The van der Waals surface area contributed by atoms with E-state index in [0.717, 1.165) is 30.6 Å². The van der Waals surface area contributed by atoms with Crippen LogP contribution in [0.25, 0.3) is 0 Å². The number of aryl methyl sites for hydroxylation is 2. The Labute approximate surface area is 193 Å². The minimum atomic E-state index is 0.527. The first kappa shape index (κ1) is 26.8. The van der Waals surface area contributed by atoms with E-state index in [9.17, 15) is 4.79 Å². The van der Waals surface area contributed by atoms with Gasteiger partial charge in [-0.3, -0.25) is 9.79 Å². The van der Waals surface area contributed by atoms with Crippen LogP contribution in [0.5, 0.6) is 0 Å². The molecule has 1 saturated heterocycles. The van der Waals surface area contributed by atoms with Crippen LogP contribution in [0.3, 0.4) is 0 Å². The van der Waals surface area contributed by atoms with Crippen molar-refractivity contribution in [2.45, 2.75) is 33.1 Å². The molecule has 6 nitrogen and oxygen atoms in total. The summed E-state index contributed by atoms with van der Waals surface area (Å²) < 4.78 is 0. The Bertz CT molecular complexity index is 849. The first-order valence-electron chi connectivity index (χ1n) is 11.1. The second kappa shape index (κ2) is 15.5. The number of nitrogens with one attached hydrogen (secondary N) is 2. The lowest BCUT2D eigenvalue weighted by atomic mass is 10.1. The van der Waals surface area contributed by atoms with Crippen molar-refractivity contribution in [1.82, 2.24) is 5.32 Å². The van der Waals surface area contributed by atoms with E-state index in [4.69, 9.17) is 5.73 Å². The smallest absolute Gasteiger partial charge is 0.152 e. The molecule has 3 rings (SSSR count). The van der Waals surface area contributed by atoms with E-state index in [0.29, 0.717) is 5.84 Å². The summed E-state index contributed by atoms with van der Waals surface area (Å²) in [4.78, 5) is 17.0. The molecule has 6 heteroatoms. The quantitative estimate of drug-likeness (QED) is 0.363. The summed E-state index contributed by atoms with van der Waals surface area (Å²) in [6, 6.07) is 14.4. The molecular formula is C26H39N5O. The van der Waals surface area contributed by atoms with E-state index in [2.05, 4.69) is 64.7 Å². The molecule has 1 fully saturated rings. The van der Waals surface area contributed by atoms with E-state index < -0.39 is 0 Å². The molecule has 0 spiro atoms. The van der Waals surface area contributed by atoms with E-state index >= 15 is 0 Å². The van der Waals surface area contributed by atoms with Crippen LogP contribution in [0.2, 0.25) is 0 Å². The Balaban J connectivity index is 0.000000270. The number of aliphatic imine (C=N–C) groups is 1. The predicted molar refractivity (Wildman–Crippen MR) is 139 cm³/mol. The molecule has 0 unspecified atom stereocenters. The second-order valence-electron chi connectivity index (χ2n) is 7.54. The number of aldehydes is 1. The topological polar surface area (TPSA) is 82.8 Å². The Kier molecular flexibility index (Phi) is 13.0. The molecule has 174 valence electrons. The minimum absolute atomic E-state index is 0.527. The third-order valence-corrected chi connectivity index (χ3v) is 5.26. The van der Waals surface area contributed by atoms with Gasteiger partial charge in [0.2, 0.25) is 0 Å². The summed E-state index contributed by atoms with van der Waals surface area (Å²) in [5, 5.41) is 5.82. The molecular weight excluding hydrogens is 398 g/mol. The van der Waals surface area contributed by atoms with Crippen molar-refractivity contribution in [3.63, 3.8) is 0 Å². The second-order valence-corrected chi connectivity index (χ2v) is 7.54. The maximum Gasteiger partial charge on any atom is 0.152 e. The van der Waals surface area contributed by atoms with Gasteiger partial charge in [-0.2, -0.15) is 0 Å². The fraction of sp³-hybridized carbons (Fsp3) is 0.385. The summed E-state index contributed by atoms with van der Waals surface area (Å²) in [5.74, 6) is 0.527. The number of anilines is 2. The van der Waals surface area contributed by atoms with Gasteiger partial charge in [0, 0.05) is 51.2 Å². The highest BCUT2D eigenvalue weighted by Crippen LogP contribution is 2.24. The highest BCUT2D eigenvalue weighted by Gasteiger charge is 2.12. The van der Waals surface area contributed by atoms with Gasteiger partial charge in [-0.1, -0.05) is 24.3 Å². The van der Waals surface area contributed by atoms with Crippen molar-refractivity contribution in [2.75, 3.05) is 44.4 Å². The summed E-state index contributed by atoms with van der Waals surface area (Å²) in [7, 11) is 5.29. The van der Waals surface area contributed by atoms with Gasteiger partial charge in [-0.05, 0) is 74.7 Å². The van der Waals surface area contributed by atoms with Crippen LogP contribution >= 0.6 is 0 Å². The lowest BCUT2D eigenvalue weighted by Gasteiger charge is -2.29. The first-order valence-corrected chi connectivity index (χ1v) is 11.1. The zero-order valence-electron chi connectivity index (χ0n) is 20.2. The average molecular weight is 438 g/mol. The van der Waals surface area contributed by atoms with Crippen LogP contribution in [0.15, 0.2) is 59.7 Å². The molecule has 0 atom stereocenters. The number of carbonyl (C=O) groups excluding carboxylic acids is 1. The van der Waals surface area contributed by atoms with Crippen molar-refractivity contribution >= 4 is 23.5 Å². The Morgan fingerprint density at radius 2 is 1.66 bits per heavy atom. The Morgan fingerprint density at radius 1 is 1.03 bits per heavy atom. The van der Waals surface area contributed by atoms with E-state index in [1.54, 1.807) is 26.4 Å². The van der Waals surface area contributed by atoms with Crippen molar-refractivity contribution in [3.8, 4) is 0 Å². The average Bonchev–Trinajstić information content (AvgIpc) is 2.85. The molecule has 4 N–H and O–H groups in total.